The highest BCUT2D eigenvalue weighted by Crippen LogP contribution is 2.35. The Morgan fingerprint density at radius 1 is 1.15 bits per heavy atom. The van der Waals surface area contributed by atoms with Crippen molar-refractivity contribution in [1.29, 1.82) is 0 Å². The average Bonchev–Trinajstić information content (AvgIpc) is 2.65. The molecule has 1 amide bonds. The first-order chi connectivity index (χ1) is 12.8. The number of nitrogens with zero attached hydrogens (tertiary/aromatic N) is 1. The maximum absolute atomic E-state index is 13.5. The summed E-state index contributed by atoms with van der Waals surface area (Å²) in [5.41, 5.74) is -1.01. The monoisotopic (exact) mass is 383 g/mol. The first-order valence-corrected chi connectivity index (χ1v) is 8.34. The van der Waals surface area contributed by atoms with Crippen LogP contribution in [0.15, 0.2) is 36.4 Å². The highest BCUT2D eigenvalue weighted by Gasteiger charge is 2.35. The summed E-state index contributed by atoms with van der Waals surface area (Å²) in [6, 6.07) is 7.50. The Morgan fingerprint density at radius 3 is 2.59 bits per heavy atom. The number of rotatable bonds is 4. The largest absolute Gasteiger partial charge is 0.486 e. The third kappa shape index (κ3) is 3.99. The van der Waals surface area contributed by atoms with Crippen LogP contribution in [0.1, 0.15) is 28.4 Å². The molecule has 0 atom stereocenters. The lowest BCUT2D eigenvalue weighted by Crippen LogP contribution is -2.31. The van der Waals surface area contributed by atoms with Gasteiger partial charge in [-0.2, -0.15) is 13.2 Å². The van der Waals surface area contributed by atoms with Crippen molar-refractivity contribution >= 4 is 5.91 Å². The van der Waals surface area contributed by atoms with E-state index in [2.05, 4.69) is 0 Å². The molecule has 0 fully saturated rings. The Hall–Kier alpha value is -2.77. The molecule has 0 aliphatic carbocycles. The molecule has 2 aromatic carbocycles. The number of fused-ring (bicyclic) bond motifs is 1. The van der Waals surface area contributed by atoms with E-state index in [9.17, 15) is 22.4 Å². The van der Waals surface area contributed by atoms with Crippen LogP contribution in [-0.4, -0.2) is 30.6 Å². The van der Waals surface area contributed by atoms with Crippen molar-refractivity contribution in [3.8, 4) is 11.5 Å². The Balaban J connectivity index is 1.88. The molecule has 0 saturated carbocycles. The van der Waals surface area contributed by atoms with E-state index in [0.717, 1.165) is 6.07 Å². The summed E-state index contributed by atoms with van der Waals surface area (Å²) in [5.74, 6) is -0.962. The van der Waals surface area contributed by atoms with Gasteiger partial charge in [-0.05, 0) is 31.2 Å². The van der Waals surface area contributed by atoms with E-state index in [0.29, 0.717) is 42.4 Å². The first-order valence-electron chi connectivity index (χ1n) is 8.34. The lowest BCUT2D eigenvalue weighted by atomic mass is 10.1. The van der Waals surface area contributed by atoms with Gasteiger partial charge in [-0.15, -0.1) is 0 Å². The lowest BCUT2D eigenvalue weighted by molar-refractivity contribution is -0.140. The van der Waals surface area contributed by atoms with Crippen molar-refractivity contribution in [3.05, 3.63) is 58.9 Å². The zero-order valence-electron chi connectivity index (χ0n) is 14.5. The molecule has 0 N–H and O–H groups in total. The van der Waals surface area contributed by atoms with Gasteiger partial charge in [-0.1, -0.05) is 12.1 Å². The Morgan fingerprint density at radius 2 is 1.89 bits per heavy atom. The van der Waals surface area contributed by atoms with Crippen LogP contribution in [0.5, 0.6) is 11.5 Å². The molecule has 144 valence electrons. The standard InChI is InChI=1S/C19H17F4NO3/c1-2-24(11-13-4-3-5-16-17(13)27-9-8-26-16)18(25)12-6-7-15(20)14(10-12)19(21,22)23/h3-7,10H,2,8-9,11H2,1H3. The van der Waals surface area contributed by atoms with Gasteiger partial charge in [0, 0.05) is 24.2 Å². The fourth-order valence-corrected chi connectivity index (χ4v) is 2.85. The van der Waals surface area contributed by atoms with Gasteiger partial charge < -0.3 is 14.4 Å². The molecule has 3 rings (SSSR count). The molecule has 1 heterocycles. The fourth-order valence-electron chi connectivity index (χ4n) is 2.85. The number of alkyl halides is 3. The Bertz CT molecular complexity index is 851. The second kappa shape index (κ2) is 7.46. The molecular formula is C19H17F4NO3. The van der Waals surface area contributed by atoms with Crippen LogP contribution in [-0.2, 0) is 12.7 Å². The second-order valence-corrected chi connectivity index (χ2v) is 5.95. The minimum absolute atomic E-state index is 0.126. The van der Waals surface area contributed by atoms with E-state index < -0.39 is 23.5 Å². The maximum atomic E-state index is 13.5. The summed E-state index contributed by atoms with van der Waals surface area (Å²) < 4.78 is 63.3. The van der Waals surface area contributed by atoms with Crippen molar-refractivity contribution in [2.75, 3.05) is 19.8 Å². The molecule has 0 radical (unpaired) electrons. The molecule has 0 bridgehead atoms. The van der Waals surface area contributed by atoms with Crippen LogP contribution in [0, 0.1) is 5.82 Å². The molecule has 2 aromatic rings. The van der Waals surface area contributed by atoms with Crippen molar-refractivity contribution < 1.29 is 31.8 Å². The van der Waals surface area contributed by atoms with Gasteiger partial charge in [-0.25, -0.2) is 4.39 Å². The number of hydrogen-bond donors (Lipinski definition) is 0. The maximum Gasteiger partial charge on any atom is 0.419 e. The van der Waals surface area contributed by atoms with Crippen molar-refractivity contribution in [3.63, 3.8) is 0 Å². The third-order valence-electron chi connectivity index (χ3n) is 4.20. The Kier molecular flexibility index (Phi) is 5.25. The fraction of sp³-hybridized carbons (Fsp3) is 0.316. The summed E-state index contributed by atoms with van der Waals surface area (Å²) in [4.78, 5) is 14.1. The summed E-state index contributed by atoms with van der Waals surface area (Å²) >= 11 is 0. The van der Waals surface area contributed by atoms with Gasteiger partial charge in [-0.3, -0.25) is 4.79 Å². The molecule has 4 nitrogen and oxygen atoms in total. The average molecular weight is 383 g/mol. The predicted molar refractivity (Wildman–Crippen MR) is 89.2 cm³/mol. The minimum Gasteiger partial charge on any atom is -0.486 e. The molecule has 1 aliphatic heterocycles. The van der Waals surface area contributed by atoms with E-state index >= 15 is 0 Å². The molecule has 1 aliphatic rings. The molecule has 0 unspecified atom stereocenters. The number of halogens is 4. The second-order valence-electron chi connectivity index (χ2n) is 5.95. The van der Waals surface area contributed by atoms with Crippen molar-refractivity contribution in [2.24, 2.45) is 0 Å². The summed E-state index contributed by atoms with van der Waals surface area (Å²) in [7, 11) is 0. The van der Waals surface area contributed by atoms with Crippen LogP contribution in [0.2, 0.25) is 0 Å². The molecule has 0 aromatic heterocycles. The van der Waals surface area contributed by atoms with Gasteiger partial charge in [0.15, 0.2) is 11.5 Å². The zero-order chi connectivity index (χ0) is 19.6. The molecule has 27 heavy (non-hydrogen) atoms. The number of hydrogen-bond acceptors (Lipinski definition) is 3. The number of para-hydroxylation sites is 1. The number of benzene rings is 2. The Labute approximate surface area is 153 Å². The smallest absolute Gasteiger partial charge is 0.419 e. The number of carbonyl (C=O) groups excluding carboxylic acids is 1. The van der Waals surface area contributed by atoms with E-state index in [1.54, 1.807) is 25.1 Å². The first kappa shape index (κ1) is 19.0. The van der Waals surface area contributed by atoms with Gasteiger partial charge in [0.2, 0.25) is 0 Å². The van der Waals surface area contributed by atoms with Gasteiger partial charge in [0.05, 0.1) is 5.56 Å². The van der Waals surface area contributed by atoms with Crippen molar-refractivity contribution in [2.45, 2.75) is 19.6 Å². The van der Waals surface area contributed by atoms with E-state index in [1.165, 1.54) is 4.90 Å². The lowest BCUT2D eigenvalue weighted by Gasteiger charge is -2.25. The van der Waals surface area contributed by atoms with Crippen LogP contribution >= 0.6 is 0 Å². The zero-order valence-corrected chi connectivity index (χ0v) is 14.5. The summed E-state index contributed by atoms with van der Waals surface area (Å²) in [6.07, 6.45) is -4.87. The highest BCUT2D eigenvalue weighted by atomic mass is 19.4. The number of carbonyl (C=O) groups is 1. The summed E-state index contributed by atoms with van der Waals surface area (Å²) in [5, 5.41) is 0. The van der Waals surface area contributed by atoms with E-state index in [1.807, 2.05) is 0 Å². The van der Waals surface area contributed by atoms with Gasteiger partial charge in [0.25, 0.3) is 5.91 Å². The number of ether oxygens (including phenoxy) is 2. The van der Waals surface area contributed by atoms with Crippen LogP contribution in [0.3, 0.4) is 0 Å². The molecule has 0 saturated heterocycles. The quantitative estimate of drug-likeness (QED) is 0.740. The van der Waals surface area contributed by atoms with Crippen LogP contribution in [0.4, 0.5) is 17.6 Å². The van der Waals surface area contributed by atoms with E-state index in [-0.39, 0.29) is 18.7 Å². The van der Waals surface area contributed by atoms with Gasteiger partial charge >= 0.3 is 6.18 Å². The molecule has 8 heteroatoms. The SMILES string of the molecule is CCN(Cc1cccc2c1OCCO2)C(=O)c1ccc(F)c(C(F)(F)F)c1. The minimum atomic E-state index is -4.87. The van der Waals surface area contributed by atoms with Crippen molar-refractivity contribution in [1.82, 2.24) is 4.90 Å². The van der Waals surface area contributed by atoms with Gasteiger partial charge in [0.1, 0.15) is 19.0 Å². The van der Waals surface area contributed by atoms with Crippen LogP contribution < -0.4 is 9.47 Å². The highest BCUT2D eigenvalue weighted by molar-refractivity contribution is 5.94. The predicted octanol–water partition coefficient (Wildman–Crippen LogP) is 4.28. The number of amides is 1. The van der Waals surface area contributed by atoms with E-state index in [4.69, 9.17) is 9.47 Å². The normalized spacial score (nSPS) is 13.4. The third-order valence-corrected chi connectivity index (χ3v) is 4.20. The topological polar surface area (TPSA) is 38.8 Å². The van der Waals surface area contributed by atoms with Crippen LogP contribution in [0.25, 0.3) is 0 Å². The molecular weight excluding hydrogens is 366 g/mol. The molecule has 0 spiro atoms. The summed E-state index contributed by atoms with van der Waals surface area (Å²) in [6.45, 7) is 2.88.